The third-order valence-electron chi connectivity index (χ3n) is 2.05. The molecule has 0 rings (SSSR count). The average Bonchev–Trinajstić information content (AvgIpc) is 2.01. The van der Waals surface area contributed by atoms with Gasteiger partial charge in [-0.25, -0.2) is 0 Å². The molecule has 0 heterocycles. The third kappa shape index (κ3) is 6.58. The Hall–Kier alpha value is -0.120. The van der Waals surface area contributed by atoms with Crippen LogP contribution in [0.5, 0.6) is 0 Å². The summed E-state index contributed by atoms with van der Waals surface area (Å²) in [5, 5.41) is 3.36. The molecule has 3 heteroatoms. The van der Waals surface area contributed by atoms with Gasteiger partial charge in [0.2, 0.25) is 0 Å². The molecule has 0 spiro atoms. The van der Waals surface area contributed by atoms with E-state index in [1.807, 2.05) is 0 Å². The summed E-state index contributed by atoms with van der Waals surface area (Å²) in [6.45, 7) is 6.87. The van der Waals surface area contributed by atoms with Crippen molar-refractivity contribution >= 4 is 0 Å². The van der Waals surface area contributed by atoms with Crippen LogP contribution in [0.1, 0.15) is 26.7 Å². The highest BCUT2D eigenvalue weighted by molar-refractivity contribution is 4.65. The van der Waals surface area contributed by atoms with E-state index in [0.29, 0.717) is 6.04 Å². The lowest BCUT2D eigenvalue weighted by molar-refractivity contribution is 0.409. The minimum absolute atomic E-state index is 0.565. The van der Waals surface area contributed by atoms with Crippen molar-refractivity contribution in [2.45, 2.75) is 32.7 Å². The summed E-state index contributed by atoms with van der Waals surface area (Å²) in [6.07, 6.45) is 2.31. The Labute approximate surface area is 75.9 Å². The van der Waals surface area contributed by atoms with E-state index in [9.17, 15) is 0 Å². The standard InChI is InChI=1S/C9H23N3/c1-8(3-4-10)7-9(2)12-6-5-11/h8-9,12H,3-7,10-11H2,1-2H3. The molecule has 0 fully saturated rings. The van der Waals surface area contributed by atoms with Crippen molar-refractivity contribution in [1.29, 1.82) is 0 Å². The summed E-state index contributed by atoms with van der Waals surface area (Å²) in [5.41, 5.74) is 10.8. The number of nitrogens with two attached hydrogens (primary N) is 2. The monoisotopic (exact) mass is 173 g/mol. The van der Waals surface area contributed by atoms with Gasteiger partial charge in [-0.3, -0.25) is 0 Å². The molecule has 0 amide bonds. The maximum atomic E-state index is 5.46. The fourth-order valence-corrected chi connectivity index (χ4v) is 1.42. The van der Waals surface area contributed by atoms with Gasteiger partial charge in [0.15, 0.2) is 0 Å². The van der Waals surface area contributed by atoms with Crippen LogP contribution in [0.4, 0.5) is 0 Å². The Morgan fingerprint density at radius 3 is 2.33 bits per heavy atom. The lowest BCUT2D eigenvalue weighted by Gasteiger charge is -2.17. The number of rotatable bonds is 7. The molecule has 0 aliphatic carbocycles. The highest BCUT2D eigenvalue weighted by Gasteiger charge is 2.06. The van der Waals surface area contributed by atoms with Crippen molar-refractivity contribution in [2.75, 3.05) is 19.6 Å². The lowest BCUT2D eigenvalue weighted by atomic mass is 9.99. The van der Waals surface area contributed by atoms with Crippen LogP contribution in [-0.4, -0.2) is 25.7 Å². The molecular formula is C9H23N3. The van der Waals surface area contributed by atoms with Gasteiger partial charge in [0.05, 0.1) is 0 Å². The van der Waals surface area contributed by atoms with Crippen molar-refractivity contribution in [1.82, 2.24) is 5.32 Å². The summed E-state index contributed by atoms with van der Waals surface area (Å²) in [7, 11) is 0. The highest BCUT2D eigenvalue weighted by Crippen LogP contribution is 2.08. The molecule has 0 aliphatic rings. The van der Waals surface area contributed by atoms with E-state index >= 15 is 0 Å². The molecule has 0 aromatic carbocycles. The van der Waals surface area contributed by atoms with E-state index in [2.05, 4.69) is 19.2 Å². The van der Waals surface area contributed by atoms with Crippen molar-refractivity contribution in [3.8, 4) is 0 Å². The highest BCUT2D eigenvalue weighted by atomic mass is 14.9. The van der Waals surface area contributed by atoms with Gasteiger partial charge in [-0.1, -0.05) is 6.92 Å². The molecule has 0 bridgehead atoms. The second kappa shape index (κ2) is 7.53. The van der Waals surface area contributed by atoms with Crippen LogP contribution in [0.15, 0.2) is 0 Å². The Bertz CT molecular complexity index is 95.8. The van der Waals surface area contributed by atoms with Gasteiger partial charge in [-0.2, -0.15) is 0 Å². The zero-order chi connectivity index (χ0) is 9.40. The number of hydrogen-bond acceptors (Lipinski definition) is 3. The molecule has 5 N–H and O–H groups in total. The maximum Gasteiger partial charge on any atom is 0.00769 e. The van der Waals surface area contributed by atoms with E-state index in [1.165, 1.54) is 6.42 Å². The summed E-state index contributed by atoms with van der Waals surface area (Å²) in [4.78, 5) is 0. The molecular weight excluding hydrogens is 150 g/mol. The lowest BCUT2D eigenvalue weighted by Crippen LogP contribution is -2.32. The maximum absolute atomic E-state index is 5.46. The van der Waals surface area contributed by atoms with Gasteiger partial charge >= 0.3 is 0 Å². The quantitative estimate of drug-likeness (QED) is 0.519. The Morgan fingerprint density at radius 1 is 1.17 bits per heavy atom. The zero-order valence-electron chi connectivity index (χ0n) is 8.34. The van der Waals surface area contributed by atoms with E-state index in [-0.39, 0.29) is 0 Å². The normalized spacial score (nSPS) is 16.0. The first kappa shape index (κ1) is 11.9. The van der Waals surface area contributed by atoms with Crippen molar-refractivity contribution in [3.63, 3.8) is 0 Å². The van der Waals surface area contributed by atoms with Gasteiger partial charge in [0.25, 0.3) is 0 Å². The Balaban J connectivity index is 3.33. The largest absolute Gasteiger partial charge is 0.330 e. The Kier molecular flexibility index (Phi) is 7.45. The molecule has 3 nitrogen and oxygen atoms in total. The SMILES string of the molecule is CC(CCN)CC(C)NCCN. The molecule has 74 valence electrons. The first-order valence-corrected chi connectivity index (χ1v) is 4.84. The summed E-state index contributed by atoms with van der Waals surface area (Å²) in [6, 6.07) is 0.565. The second-order valence-electron chi connectivity index (χ2n) is 3.56. The molecule has 0 radical (unpaired) electrons. The van der Waals surface area contributed by atoms with Crippen LogP contribution in [-0.2, 0) is 0 Å². The van der Waals surface area contributed by atoms with Gasteiger partial charge in [0, 0.05) is 19.1 Å². The fourth-order valence-electron chi connectivity index (χ4n) is 1.42. The van der Waals surface area contributed by atoms with Crippen LogP contribution in [0.3, 0.4) is 0 Å². The van der Waals surface area contributed by atoms with Crippen LogP contribution in [0, 0.1) is 5.92 Å². The first-order chi connectivity index (χ1) is 5.70. The van der Waals surface area contributed by atoms with E-state index in [0.717, 1.165) is 32.0 Å². The smallest absolute Gasteiger partial charge is 0.00769 e. The molecule has 2 unspecified atom stereocenters. The topological polar surface area (TPSA) is 64.1 Å². The average molecular weight is 173 g/mol. The van der Waals surface area contributed by atoms with Crippen LogP contribution in [0.25, 0.3) is 0 Å². The summed E-state index contributed by atoms with van der Waals surface area (Å²) in [5.74, 6) is 0.718. The third-order valence-corrected chi connectivity index (χ3v) is 2.05. The zero-order valence-corrected chi connectivity index (χ0v) is 8.34. The minimum atomic E-state index is 0.565. The molecule has 0 saturated carbocycles. The van der Waals surface area contributed by atoms with Gasteiger partial charge in [0.1, 0.15) is 0 Å². The molecule has 0 aliphatic heterocycles. The number of nitrogens with one attached hydrogen (secondary N) is 1. The predicted octanol–water partition coefficient (Wildman–Crippen LogP) is 0.298. The van der Waals surface area contributed by atoms with E-state index < -0.39 is 0 Å². The molecule has 0 saturated heterocycles. The van der Waals surface area contributed by atoms with Gasteiger partial charge in [-0.15, -0.1) is 0 Å². The van der Waals surface area contributed by atoms with Gasteiger partial charge in [-0.05, 0) is 32.2 Å². The number of hydrogen-bond donors (Lipinski definition) is 3. The predicted molar refractivity (Wildman–Crippen MR) is 54.0 cm³/mol. The van der Waals surface area contributed by atoms with E-state index in [1.54, 1.807) is 0 Å². The minimum Gasteiger partial charge on any atom is -0.330 e. The molecule has 0 aromatic rings. The van der Waals surface area contributed by atoms with Crippen LogP contribution in [0.2, 0.25) is 0 Å². The van der Waals surface area contributed by atoms with Gasteiger partial charge < -0.3 is 16.8 Å². The van der Waals surface area contributed by atoms with Crippen molar-refractivity contribution in [2.24, 2.45) is 17.4 Å². The summed E-state index contributed by atoms with van der Waals surface area (Å²) >= 11 is 0. The molecule has 0 aromatic heterocycles. The fraction of sp³-hybridized carbons (Fsp3) is 1.00. The second-order valence-corrected chi connectivity index (χ2v) is 3.56. The first-order valence-electron chi connectivity index (χ1n) is 4.84. The molecule has 12 heavy (non-hydrogen) atoms. The Morgan fingerprint density at radius 2 is 1.83 bits per heavy atom. The summed E-state index contributed by atoms with van der Waals surface area (Å²) < 4.78 is 0. The van der Waals surface area contributed by atoms with Crippen LogP contribution >= 0.6 is 0 Å². The molecule has 2 atom stereocenters. The van der Waals surface area contributed by atoms with Crippen molar-refractivity contribution < 1.29 is 0 Å². The van der Waals surface area contributed by atoms with E-state index in [4.69, 9.17) is 11.5 Å². The van der Waals surface area contributed by atoms with Crippen LogP contribution < -0.4 is 16.8 Å². The van der Waals surface area contributed by atoms with Crippen molar-refractivity contribution in [3.05, 3.63) is 0 Å².